The van der Waals surface area contributed by atoms with Gasteiger partial charge in [-0.15, -0.1) is 10.2 Å². The number of aromatic nitrogens is 2. The van der Waals surface area contributed by atoms with Crippen LogP contribution >= 0.6 is 0 Å². The molecule has 1 fully saturated rings. The SMILES string of the molecule is CN1CCN(c2ccc(Nc3ccc(C(=O)NC(C)(C)C)nn3)cc2)CC1. The summed E-state index contributed by atoms with van der Waals surface area (Å²) in [6.07, 6.45) is 0. The number of hydrogen-bond acceptors (Lipinski definition) is 6. The largest absolute Gasteiger partial charge is 0.369 e. The molecule has 1 aliphatic heterocycles. The Hall–Kier alpha value is -2.67. The highest BCUT2D eigenvalue weighted by Gasteiger charge is 2.17. The third-order valence-corrected chi connectivity index (χ3v) is 4.39. The summed E-state index contributed by atoms with van der Waals surface area (Å²) in [4.78, 5) is 16.8. The van der Waals surface area contributed by atoms with E-state index in [0.717, 1.165) is 31.9 Å². The fraction of sp³-hybridized carbons (Fsp3) is 0.450. The van der Waals surface area contributed by atoms with Crippen molar-refractivity contribution in [2.24, 2.45) is 0 Å². The zero-order valence-electron chi connectivity index (χ0n) is 16.5. The van der Waals surface area contributed by atoms with E-state index in [1.165, 1.54) is 5.69 Å². The van der Waals surface area contributed by atoms with Crippen molar-refractivity contribution in [3.63, 3.8) is 0 Å². The van der Waals surface area contributed by atoms with Crippen LogP contribution in [0.1, 0.15) is 31.3 Å². The summed E-state index contributed by atoms with van der Waals surface area (Å²) in [6, 6.07) is 11.7. The molecule has 3 rings (SSSR count). The van der Waals surface area contributed by atoms with Crippen LogP contribution < -0.4 is 15.5 Å². The van der Waals surface area contributed by atoms with Gasteiger partial charge in [0.25, 0.3) is 5.91 Å². The second kappa shape index (κ2) is 7.92. The average molecular weight is 368 g/mol. The molecule has 1 aromatic heterocycles. The van der Waals surface area contributed by atoms with Crippen molar-refractivity contribution in [1.82, 2.24) is 20.4 Å². The minimum Gasteiger partial charge on any atom is -0.369 e. The average Bonchev–Trinajstić information content (AvgIpc) is 2.62. The predicted octanol–water partition coefficient (Wildman–Crippen LogP) is 2.50. The zero-order chi connectivity index (χ0) is 19.4. The number of nitrogens with zero attached hydrogens (tertiary/aromatic N) is 4. The second-order valence-electron chi connectivity index (χ2n) is 7.97. The summed E-state index contributed by atoms with van der Waals surface area (Å²) in [5, 5.41) is 14.2. The molecule has 7 nitrogen and oxygen atoms in total. The van der Waals surface area contributed by atoms with Gasteiger partial charge in [0.2, 0.25) is 0 Å². The van der Waals surface area contributed by atoms with E-state index < -0.39 is 0 Å². The highest BCUT2D eigenvalue weighted by Crippen LogP contribution is 2.21. The van der Waals surface area contributed by atoms with Crippen molar-refractivity contribution in [3.8, 4) is 0 Å². The molecular formula is C20H28N6O. The summed E-state index contributed by atoms with van der Waals surface area (Å²) >= 11 is 0. The van der Waals surface area contributed by atoms with E-state index in [1.54, 1.807) is 12.1 Å². The summed E-state index contributed by atoms with van der Waals surface area (Å²) in [7, 11) is 2.16. The number of rotatable bonds is 4. The highest BCUT2D eigenvalue weighted by molar-refractivity contribution is 5.92. The minimum atomic E-state index is -0.304. The Bertz CT molecular complexity index is 759. The zero-order valence-corrected chi connectivity index (χ0v) is 16.5. The summed E-state index contributed by atoms with van der Waals surface area (Å²) in [5.74, 6) is 0.382. The lowest BCUT2D eigenvalue weighted by atomic mass is 10.1. The first kappa shape index (κ1) is 19.1. The standard InChI is InChI=1S/C20H28N6O/c1-20(2,3)22-19(27)17-9-10-18(24-23-17)21-15-5-7-16(8-6-15)26-13-11-25(4)12-14-26/h5-10H,11-14H2,1-4H3,(H,21,24)(H,22,27). The van der Waals surface area contributed by atoms with E-state index in [4.69, 9.17) is 0 Å². The fourth-order valence-electron chi connectivity index (χ4n) is 2.89. The van der Waals surface area contributed by atoms with Crippen LogP contribution in [-0.2, 0) is 0 Å². The molecule has 2 heterocycles. The molecule has 1 aromatic carbocycles. The maximum Gasteiger partial charge on any atom is 0.272 e. The predicted molar refractivity (Wildman–Crippen MR) is 109 cm³/mol. The van der Waals surface area contributed by atoms with E-state index >= 15 is 0 Å². The number of hydrogen-bond donors (Lipinski definition) is 2. The van der Waals surface area contributed by atoms with Gasteiger partial charge in [0, 0.05) is 43.1 Å². The number of nitrogens with one attached hydrogen (secondary N) is 2. The number of carbonyl (C=O) groups is 1. The molecule has 0 atom stereocenters. The molecule has 1 saturated heterocycles. The van der Waals surface area contributed by atoms with Crippen LogP contribution in [0.25, 0.3) is 0 Å². The van der Waals surface area contributed by atoms with Crippen LogP contribution in [-0.4, -0.2) is 59.8 Å². The number of piperazine rings is 1. The molecule has 144 valence electrons. The van der Waals surface area contributed by atoms with Gasteiger partial charge in [-0.25, -0.2) is 0 Å². The van der Waals surface area contributed by atoms with Gasteiger partial charge in [0.15, 0.2) is 11.5 Å². The maximum atomic E-state index is 12.1. The van der Waals surface area contributed by atoms with Crippen molar-refractivity contribution in [2.75, 3.05) is 43.4 Å². The van der Waals surface area contributed by atoms with Crippen LogP contribution in [0.2, 0.25) is 0 Å². The topological polar surface area (TPSA) is 73.4 Å². The first-order valence-electron chi connectivity index (χ1n) is 9.27. The van der Waals surface area contributed by atoms with Gasteiger partial charge in [0.1, 0.15) is 0 Å². The van der Waals surface area contributed by atoms with Gasteiger partial charge in [-0.2, -0.15) is 0 Å². The van der Waals surface area contributed by atoms with Crippen molar-refractivity contribution in [1.29, 1.82) is 0 Å². The third kappa shape index (κ3) is 5.40. The van der Waals surface area contributed by atoms with Crippen molar-refractivity contribution >= 4 is 23.1 Å². The third-order valence-electron chi connectivity index (χ3n) is 4.39. The lowest BCUT2D eigenvalue weighted by Crippen LogP contribution is -2.44. The summed E-state index contributed by atoms with van der Waals surface area (Å²) < 4.78 is 0. The quantitative estimate of drug-likeness (QED) is 0.864. The maximum absolute atomic E-state index is 12.1. The van der Waals surface area contributed by atoms with Gasteiger partial charge in [0.05, 0.1) is 0 Å². The van der Waals surface area contributed by atoms with Crippen LogP contribution in [0, 0.1) is 0 Å². The molecule has 0 saturated carbocycles. The van der Waals surface area contributed by atoms with Gasteiger partial charge < -0.3 is 20.4 Å². The molecule has 7 heteroatoms. The summed E-state index contributed by atoms with van der Waals surface area (Å²) in [5.41, 5.74) is 2.17. The van der Waals surface area contributed by atoms with Crippen LogP contribution in [0.15, 0.2) is 36.4 Å². The minimum absolute atomic E-state index is 0.224. The first-order chi connectivity index (χ1) is 12.8. The molecule has 27 heavy (non-hydrogen) atoms. The summed E-state index contributed by atoms with van der Waals surface area (Å²) in [6.45, 7) is 10.1. The van der Waals surface area contributed by atoms with Gasteiger partial charge in [-0.1, -0.05) is 0 Å². The van der Waals surface area contributed by atoms with E-state index in [0.29, 0.717) is 11.5 Å². The van der Waals surface area contributed by atoms with Crippen LogP contribution in [0.5, 0.6) is 0 Å². The van der Waals surface area contributed by atoms with Gasteiger partial charge >= 0.3 is 0 Å². The Morgan fingerprint density at radius 3 is 2.19 bits per heavy atom. The van der Waals surface area contributed by atoms with Gasteiger partial charge in [-0.3, -0.25) is 4.79 Å². The Morgan fingerprint density at radius 1 is 0.963 bits per heavy atom. The fourth-order valence-corrected chi connectivity index (χ4v) is 2.89. The number of likely N-dealkylation sites (N-methyl/N-ethyl adjacent to an activating group) is 1. The van der Waals surface area contributed by atoms with E-state index in [1.807, 2.05) is 32.9 Å². The monoisotopic (exact) mass is 368 g/mol. The smallest absolute Gasteiger partial charge is 0.272 e. The molecular weight excluding hydrogens is 340 g/mol. The van der Waals surface area contributed by atoms with E-state index in [-0.39, 0.29) is 11.4 Å². The number of carbonyl (C=O) groups excluding carboxylic acids is 1. The van der Waals surface area contributed by atoms with Crippen LogP contribution in [0.3, 0.4) is 0 Å². The molecule has 1 amide bonds. The molecule has 2 N–H and O–H groups in total. The molecule has 0 unspecified atom stereocenters. The molecule has 1 aliphatic rings. The molecule has 0 aliphatic carbocycles. The van der Waals surface area contributed by atoms with Gasteiger partial charge in [-0.05, 0) is 64.2 Å². The molecule has 2 aromatic rings. The molecule has 0 bridgehead atoms. The van der Waals surface area contributed by atoms with Crippen molar-refractivity contribution in [3.05, 3.63) is 42.1 Å². The lowest BCUT2D eigenvalue weighted by molar-refractivity contribution is 0.0913. The Kier molecular flexibility index (Phi) is 5.60. The second-order valence-corrected chi connectivity index (χ2v) is 7.97. The van der Waals surface area contributed by atoms with Crippen molar-refractivity contribution < 1.29 is 4.79 Å². The normalized spacial score (nSPS) is 15.5. The first-order valence-corrected chi connectivity index (χ1v) is 9.27. The Morgan fingerprint density at radius 2 is 1.63 bits per heavy atom. The highest BCUT2D eigenvalue weighted by atomic mass is 16.2. The lowest BCUT2D eigenvalue weighted by Gasteiger charge is -2.34. The van der Waals surface area contributed by atoms with E-state index in [2.05, 4.69) is 49.8 Å². The van der Waals surface area contributed by atoms with Crippen LogP contribution in [0.4, 0.5) is 17.2 Å². The number of anilines is 3. The van der Waals surface area contributed by atoms with Crippen molar-refractivity contribution in [2.45, 2.75) is 26.3 Å². The molecule has 0 spiro atoms. The molecule has 0 radical (unpaired) electrons. The number of amides is 1. The number of benzene rings is 1. The van der Waals surface area contributed by atoms with E-state index in [9.17, 15) is 4.79 Å². The Labute approximate surface area is 160 Å². The Balaban J connectivity index is 1.59.